The van der Waals surface area contributed by atoms with Gasteiger partial charge in [-0.25, -0.2) is 4.79 Å². The number of hydrogen-bond acceptors (Lipinski definition) is 6. The van der Waals surface area contributed by atoms with Crippen LogP contribution < -0.4 is 0 Å². The predicted molar refractivity (Wildman–Crippen MR) is 80.6 cm³/mol. The number of esters is 3. The van der Waals surface area contributed by atoms with Crippen molar-refractivity contribution in [3.8, 4) is 0 Å². The van der Waals surface area contributed by atoms with Gasteiger partial charge in [-0.05, 0) is 32.4 Å². The lowest BCUT2D eigenvalue weighted by molar-refractivity contribution is -0.176. The van der Waals surface area contributed by atoms with Crippen LogP contribution in [0.3, 0.4) is 0 Å². The lowest BCUT2D eigenvalue weighted by atomic mass is 10.2. The van der Waals surface area contributed by atoms with Crippen molar-refractivity contribution in [2.75, 3.05) is 6.61 Å². The van der Waals surface area contributed by atoms with E-state index in [2.05, 4.69) is 0 Å². The second kappa shape index (κ2) is 10.4. The molecule has 0 N–H and O–H groups in total. The summed E-state index contributed by atoms with van der Waals surface area (Å²) in [5.41, 5.74) is 1.16. The van der Waals surface area contributed by atoms with Gasteiger partial charge >= 0.3 is 17.9 Å². The van der Waals surface area contributed by atoms with E-state index in [0.717, 1.165) is 0 Å². The van der Waals surface area contributed by atoms with Crippen LogP contribution >= 0.6 is 0 Å². The number of allylic oxidation sites excluding steroid dienone is 4. The monoisotopic (exact) mass is 310 g/mol. The molecule has 122 valence electrons. The summed E-state index contributed by atoms with van der Waals surface area (Å²) in [5.74, 6) is -1.50. The lowest BCUT2D eigenvalue weighted by Crippen LogP contribution is -2.20. The molecule has 0 unspecified atom stereocenters. The minimum Gasteiger partial charge on any atom is -0.463 e. The molecule has 6 nitrogen and oxygen atoms in total. The maximum absolute atomic E-state index is 11.4. The topological polar surface area (TPSA) is 78.9 Å². The van der Waals surface area contributed by atoms with Crippen LogP contribution in [0.15, 0.2) is 35.5 Å². The molecule has 0 bridgehead atoms. The zero-order valence-corrected chi connectivity index (χ0v) is 13.5. The molecule has 0 amide bonds. The predicted octanol–water partition coefficient (Wildman–Crippen LogP) is 2.45. The summed E-state index contributed by atoms with van der Waals surface area (Å²) >= 11 is 0. The Morgan fingerprint density at radius 2 is 1.55 bits per heavy atom. The Kier molecular flexibility index (Phi) is 9.25. The van der Waals surface area contributed by atoms with Gasteiger partial charge in [0.2, 0.25) is 0 Å². The number of carbonyl (C=O) groups is 3. The molecule has 0 saturated carbocycles. The molecule has 0 aromatic carbocycles. The third-order valence-electron chi connectivity index (χ3n) is 2.27. The average molecular weight is 310 g/mol. The number of carbonyl (C=O) groups excluding carboxylic acids is 3. The molecule has 6 heteroatoms. The maximum atomic E-state index is 11.4. The Morgan fingerprint density at radius 3 is 2.00 bits per heavy atom. The van der Waals surface area contributed by atoms with E-state index in [0.29, 0.717) is 17.8 Å². The van der Waals surface area contributed by atoms with Gasteiger partial charge in [0.05, 0.1) is 6.61 Å². The Labute approximate surface area is 130 Å². The van der Waals surface area contributed by atoms with Gasteiger partial charge in [0, 0.05) is 19.4 Å². The van der Waals surface area contributed by atoms with Crippen molar-refractivity contribution in [2.45, 2.75) is 40.9 Å². The number of hydrogen-bond donors (Lipinski definition) is 0. The Morgan fingerprint density at radius 1 is 1.00 bits per heavy atom. The van der Waals surface area contributed by atoms with Crippen LogP contribution in [0.2, 0.25) is 0 Å². The Bertz CT molecular complexity index is 483. The van der Waals surface area contributed by atoms with Gasteiger partial charge in [0.25, 0.3) is 6.29 Å². The molecular weight excluding hydrogens is 288 g/mol. The van der Waals surface area contributed by atoms with Gasteiger partial charge in [-0.2, -0.15) is 0 Å². The van der Waals surface area contributed by atoms with Crippen molar-refractivity contribution in [3.63, 3.8) is 0 Å². The first-order chi connectivity index (χ1) is 10.3. The second-order valence-electron chi connectivity index (χ2n) is 4.43. The number of rotatable bonds is 7. The fourth-order valence-corrected chi connectivity index (χ4v) is 1.35. The highest BCUT2D eigenvalue weighted by molar-refractivity contribution is 5.88. The maximum Gasteiger partial charge on any atom is 0.333 e. The smallest absolute Gasteiger partial charge is 0.333 e. The molecule has 0 atom stereocenters. The van der Waals surface area contributed by atoms with Gasteiger partial charge in [0.15, 0.2) is 0 Å². The standard InChI is InChI=1S/C16H22O6/c1-6-20-16(19)12(3)9-7-8-11(2)10-15(21-13(4)17)22-14(5)18/h7-10,15H,6H2,1-5H3. The van der Waals surface area contributed by atoms with E-state index >= 15 is 0 Å². The largest absolute Gasteiger partial charge is 0.463 e. The Balaban J connectivity index is 4.83. The molecule has 0 aliphatic heterocycles. The van der Waals surface area contributed by atoms with Crippen LogP contribution in [0.4, 0.5) is 0 Å². The second-order valence-corrected chi connectivity index (χ2v) is 4.43. The third kappa shape index (κ3) is 9.52. The van der Waals surface area contributed by atoms with Crippen LogP contribution in [-0.2, 0) is 28.6 Å². The highest BCUT2D eigenvalue weighted by Gasteiger charge is 2.11. The summed E-state index contributed by atoms with van der Waals surface area (Å²) < 4.78 is 14.5. The van der Waals surface area contributed by atoms with Crippen molar-refractivity contribution >= 4 is 17.9 Å². The van der Waals surface area contributed by atoms with Crippen LogP contribution in [0, 0.1) is 0 Å². The fourth-order valence-electron chi connectivity index (χ4n) is 1.35. The molecule has 22 heavy (non-hydrogen) atoms. The van der Waals surface area contributed by atoms with Crippen LogP contribution in [0.25, 0.3) is 0 Å². The normalized spacial score (nSPS) is 12.5. The molecule has 0 aromatic heterocycles. The van der Waals surface area contributed by atoms with Crippen LogP contribution in [0.1, 0.15) is 34.6 Å². The first kappa shape index (κ1) is 19.6. The van der Waals surface area contributed by atoms with E-state index in [4.69, 9.17) is 14.2 Å². The van der Waals surface area contributed by atoms with Gasteiger partial charge in [-0.3, -0.25) is 9.59 Å². The van der Waals surface area contributed by atoms with E-state index in [1.165, 1.54) is 19.9 Å². The summed E-state index contributed by atoms with van der Waals surface area (Å²) in [6, 6.07) is 0. The molecule has 0 rings (SSSR count). The zero-order chi connectivity index (χ0) is 17.1. The zero-order valence-electron chi connectivity index (χ0n) is 13.5. The molecule has 0 aliphatic carbocycles. The third-order valence-corrected chi connectivity index (χ3v) is 2.27. The molecule has 0 spiro atoms. The van der Waals surface area contributed by atoms with Crippen LogP contribution in [-0.4, -0.2) is 30.8 Å². The first-order valence-corrected chi connectivity index (χ1v) is 6.81. The van der Waals surface area contributed by atoms with Crippen molar-refractivity contribution in [3.05, 3.63) is 35.5 Å². The average Bonchev–Trinajstić information content (AvgIpc) is 2.36. The first-order valence-electron chi connectivity index (χ1n) is 6.81. The minimum atomic E-state index is -1.07. The highest BCUT2D eigenvalue weighted by Crippen LogP contribution is 2.06. The van der Waals surface area contributed by atoms with E-state index in [9.17, 15) is 14.4 Å². The quantitative estimate of drug-likeness (QED) is 0.311. The highest BCUT2D eigenvalue weighted by atomic mass is 16.7. The molecule has 0 fully saturated rings. The lowest BCUT2D eigenvalue weighted by Gasteiger charge is -2.13. The van der Waals surface area contributed by atoms with Crippen molar-refractivity contribution in [1.82, 2.24) is 0 Å². The van der Waals surface area contributed by atoms with Crippen molar-refractivity contribution < 1.29 is 28.6 Å². The minimum absolute atomic E-state index is 0.319. The molecule has 0 radical (unpaired) electrons. The van der Waals surface area contributed by atoms with Gasteiger partial charge in [-0.1, -0.05) is 18.2 Å². The van der Waals surface area contributed by atoms with Crippen molar-refractivity contribution in [2.24, 2.45) is 0 Å². The molecular formula is C16H22O6. The van der Waals surface area contributed by atoms with E-state index in [1.807, 2.05) is 0 Å². The van der Waals surface area contributed by atoms with E-state index in [-0.39, 0.29) is 5.97 Å². The summed E-state index contributed by atoms with van der Waals surface area (Å²) in [7, 11) is 0. The molecule has 0 heterocycles. The molecule has 0 aliphatic rings. The Hall–Kier alpha value is -2.37. The van der Waals surface area contributed by atoms with E-state index < -0.39 is 18.2 Å². The van der Waals surface area contributed by atoms with E-state index in [1.54, 1.807) is 39.0 Å². The van der Waals surface area contributed by atoms with Gasteiger partial charge in [0.1, 0.15) is 0 Å². The molecule has 0 saturated heterocycles. The summed E-state index contributed by atoms with van der Waals surface area (Å²) in [6.45, 7) is 7.88. The van der Waals surface area contributed by atoms with Crippen LogP contribution in [0.5, 0.6) is 0 Å². The summed E-state index contributed by atoms with van der Waals surface area (Å²) in [5, 5.41) is 0. The van der Waals surface area contributed by atoms with Crippen molar-refractivity contribution in [1.29, 1.82) is 0 Å². The number of ether oxygens (including phenoxy) is 3. The fraction of sp³-hybridized carbons (Fsp3) is 0.438. The summed E-state index contributed by atoms with van der Waals surface area (Å²) in [4.78, 5) is 33.3. The SMILES string of the molecule is CCOC(=O)C(C)=CC=CC(C)=CC(OC(C)=O)OC(C)=O. The summed E-state index contributed by atoms with van der Waals surface area (Å²) in [6.07, 6.45) is 5.34. The van der Waals surface area contributed by atoms with Gasteiger partial charge < -0.3 is 14.2 Å². The molecule has 0 aromatic rings. The van der Waals surface area contributed by atoms with Gasteiger partial charge in [-0.15, -0.1) is 0 Å².